The second-order valence-electron chi connectivity index (χ2n) is 8.72. The number of methoxy groups -OCH3 is 1. The Morgan fingerprint density at radius 2 is 1.56 bits per heavy atom. The summed E-state index contributed by atoms with van der Waals surface area (Å²) in [6, 6.07) is 27.5. The summed E-state index contributed by atoms with van der Waals surface area (Å²) in [5, 5.41) is 4.38. The molecule has 0 spiro atoms. The highest BCUT2D eigenvalue weighted by molar-refractivity contribution is 7.07. The summed E-state index contributed by atoms with van der Waals surface area (Å²) in [5.74, 6) is -0.487. The van der Waals surface area contributed by atoms with Crippen LogP contribution in [0.2, 0.25) is 0 Å². The molecule has 1 aliphatic rings. The Bertz CT molecular complexity index is 1830. The van der Waals surface area contributed by atoms with Crippen LogP contribution in [-0.2, 0) is 9.53 Å². The third-order valence-corrected chi connectivity index (χ3v) is 7.61. The lowest BCUT2D eigenvalue weighted by molar-refractivity contribution is -0.136. The van der Waals surface area contributed by atoms with Crippen LogP contribution in [0.4, 0.5) is 0 Å². The Labute approximate surface area is 210 Å². The Hall–Kier alpha value is -4.29. The van der Waals surface area contributed by atoms with Crippen LogP contribution in [-0.4, -0.2) is 17.6 Å². The molecule has 1 atom stereocenters. The number of fused-ring (bicyclic) bond motifs is 3. The van der Waals surface area contributed by atoms with E-state index in [-0.39, 0.29) is 5.56 Å². The number of carbonyl (C=O) groups is 1. The van der Waals surface area contributed by atoms with Gasteiger partial charge in [0.15, 0.2) is 4.80 Å². The highest BCUT2D eigenvalue weighted by Gasteiger charge is 2.32. The predicted molar refractivity (Wildman–Crippen MR) is 144 cm³/mol. The number of allylic oxidation sites excluding steroid dienone is 1. The summed E-state index contributed by atoms with van der Waals surface area (Å²) >= 11 is 1.34. The summed E-state index contributed by atoms with van der Waals surface area (Å²) in [6.45, 7) is 1.79. The minimum absolute atomic E-state index is 0.182. The summed E-state index contributed by atoms with van der Waals surface area (Å²) < 4.78 is 7.28. The Morgan fingerprint density at radius 1 is 0.944 bits per heavy atom. The zero-order chi connectivity index (χ0) is 24.8. The minimum atomic E-state index is -0.610. The minimum Gasteiger partial charge on any atom is -0.466 e. The van der Waals surface area contributed by atoms with E-state index in [4.69, 9.17) is 4.74 Å². The molecule has 0 aliphatic carbocycles. The Morgan fingerprint density at radius 3 is 2.19 bits per heavy atom. The molecule has 1 aromatic heterocycles. The molecule has 2 heterocycles. The van der Waals surface area contributed by atoms with Gasteiger partial charge in [0.1, 0.15) is 0 Å². The summed E-state index contributed by atoms with van der Waals surface area (Å²) in [4.78, 5) is 32.0. The number of hydrogen-bond acceptors (Lipinski definition) is 5. The third-order valence-electron chi connectivity index (χ3n) is 6.63. The number of hydrogen-bond donors (Lipinski definition) is 0. The van der Waals surface area contributed by atoms with Crippen molar-refractivity contribution in [3.05, 3.63) is 127 Å². The zero-order valence-electron chi connectivity index (χ0n) is 19.8. The molecule has 0 saturated carbocycles. The SMILES string of the molecule is COC(=O)C1=C(C)N=c2sc(=Cc3c4ccccc4cc4ccccc34)c(=O)n2C1c1ccccc1. The molecule has 36 heavy (non-hydrogen) atoms. The number of carbonyl (C=O) groups excluding carboxylic acids is 1. The van der Waals surface area contributed by atoms with Gasteiger partial charge in [-0.3, -0.25) is 9.36 Å². The van der Waals surface area contributed by atoms with Crippen LogP contribution < -0.4 is 14.9 Å². The third kappa shape index (κ3) is 3.49. The average molecular weight is 491 g/mol. The van der Waals surface area contributed by atoms with Crippen molar-refractivity contribution in [2.45, 2.75) is 13.0 Å². The van der Waals surface area contributed by atoms with Gasteiger partial charge < -0.3 is 4.74 Å². The van der Waals surface area contributed by atoms with Gasteiger partial charge in [-0.15, -0.1) is 0 Å². The van der Waals surface area contributed by atoms with Crippen LogP contribution in [0, 0.1) is 0 Å². The van der Waals surface area contributed by atoms with Gasteiger partial charge >= 0.3 is 5.97 Å². The molecule has 176 valence electrons. The maximum absolute atomic E-state index is 13.9. The van der Waals surface area contributed by atoms with Crippen molar-refractivity contribution in [3.8, 4) is 0 Å². The Kier molecular flexibility index (Phi) is 5.38. The fraction of sp³-hybridized carbons (Fsp3) is 0.100. The fourth-order valence-electron chi connectivity index (χ4n) is 4.98. The fourth-order valence-corrected chi connectivity index (χ4v) is 6.01. The van der Waals surface area contributed by atoms with Gasteiger partial charge in [-0.2, -0.15) is 0 Å². The van der Waals surface area contributed by atoms with E-state index in [9.17, 15) is 9.59 Å². The van der Waals surface area contributed by atoms with Crippen molar-refractivity contribution in [3.63, 3.8) is 0 Å². The monoisotopic (exact) mass is 490 g/mol. The highest BCUT2D eigenvalue weighted by atomic mass is 32.1. The topological polar surface area (TPSA) is 60.7 Å². The number of rotatable bonds is 3. The van der Waals surface area contributed by atoms with Gasteiger partial charge in [0, 0.05) is 0 Å². The lowest BCUT2D eigenvalue weighted by atomic mass is 9.96. The molecular formula is C30H22N2O3S. The van der Waals surface area contributed by atoms with E-state index in [0.29, 0.717) is 20.6 Å². The zero-order valence-corrected chi connectivity index (χ0v) is 20.6. The molecule has 0 radical (unpaired) electrons. The normalized spacial score (nSPS) is 15.7. The number of esters is 1. The highest BCUT2D eigenvalue weighted by Crippen LogP contribution is 2.31. The second kappa shape index (κ2) is 8.73. The quantitative estimate of drug-likeness (QED) is 0.272. The standard InChI is InChI=1S/C30H22N2O3S/c1-18-26(29(34)35-2)27(19-10-4-3-5-11-19)32-28(33)25(36-30(32)31-18)17-24-22-14-8-6-12-20(22)16-21-13-7-9-15-23(21)24/h3-17,27H,1-2H3. The van der Waals surface area contributed by atoms with E-state index >= 15 is 0 Å². The largest absolute Gasteiger partial charge is 0.466 e. The molecule has 0 bridgehead atoms. The molecule has 6 heteroatoms. The maximum atomic E-state index is 13.9. The molecule has 5 aromatic rings. The van der Waals surface area contributed by atoms with Crippen molar-refractivity contribution < 1.29 is 9.53 Å². The molecule has 0 fully saturated rings. The number of nitrogens with zero attached hydrogens (tertiary/aromatic N) is 2. The number of ether oxygens (including phenoxy) is 1. The van der Waals surface area contributed by atoms with Gasteiger partial charge in [-0.25, -0.2) is 9.79 Å². The molecule has 0 saturated heterocycles. The first-order chi connectivity index (χ1) is 17.6. The van der Waals surface area contributed by atoms with Gasteiger partial charge in [0.05, 0.1) is 29.0 Å². The van der Waals surface area contributed by atoms with Crippen LogP contribution in [0.15, 0.2) is 106 Å². The van der Waals surface area contributed by atoms with Gasteiger partial charge in [-0.05, 0) is 51.7 Å². The van der Waals surface area contributed by atoms with E-state index in [2.05, 4.69) is 35.3 Å². The summed E-state index contributed by atoms with van der Waals surface area (Å²) in [6.07, 6.45) is 1.97. The summed E-state index contributed by atoms with van der Waals surface area (Å²) in [7, 11) is 1.35. The summed E-state index contributed by atoms with van der Waals surface area (Å²) in [5.41, 5.74) is 2.57. The van der Waals surface area contributed by atoms with Crippen molar-refractivity contribution in [1.29, 1.82) is 0 Å². The molecule has 0 amide bonds. The smallest absolute Gasteiger partial charge is 0.338 e. The Balaban J connectivity index is 1.67. The number of thiazole rings is 1. The van der Waals surface area contributed by atoms with E-state index in [0.717, 1.165) is 32.7 Å². The van der Waals surface area contributed by atoms with Gasteiger partial charge in [0.2, 0.25) is 0 Å². The second-order valence-corrected chi connectivity index (χ2v) is 9.73. The number of aromatic nitrogens is 1. The molecule has 1 unspecified atom stereocenters. The first-order valence-corrected chi connectivity index (χ1v) is 12.4. The molecular weight excluding hydrogens is 468 g/mol. The van der Waals surface area contributed by atoms with Crippen LogP contribution in [0.25, 0.3) is 27.6 Å². The van der Waals surface area contributed by atoms with Crippen molar-refractivity contribution in [1.82, 2.24) is 4.57 Å². The molecule has 6 rings (SSSR count). The van der Waals surface area contributed by atoms with Crippen LogP contribution in [0.5, 0.6) is 0 Å². The van der Waals surface area contributed by atoms with E-state index in [1.54, 1.807) is 11.5 Å². The first-order valence-electron chi connectivity index (χ1n) is 11.6. The lowest BCUT2D eigenvalue weighted by Crippen LogP contribution is -2.39. The van der Waals surface area contributed by atoms with Crippen LogP contribution in [0.3, 0.4) is 0 Å². The van der Waals surface area contributed by atoms with Gasteiger partial charge in [-0.1, -0.05) is 90.2 Å². The molecule has 5 nitrogen and oxygen atoms in total. The van der Waals surface area contributed by atoms with E-state index < -0.39 is 12.0 Å². The molecule has 0 N–H and O–H groups in total. The van der Waals surface area contributed by atoms with E-state index in [1.807, 2.05) is 60.7 Å². The van der Waals surface area contributed by atoms with Gasteiger partial charge in [0.25, 0.3) is 5.56 Å². The van der Waals surface area contributed by atoms with Crippen molar-refractivity contribution in [2.75, 3.05) is 7.11 Å². The van der Waals surface area contributed by atoms with Crippen molar-refractivity contribution >= 4 is 44.9 Å². The van der Waals surface area contributed by atoms with Crippen LogP contribution >= 0.6 is 11.3 Å². The van der Waals surface area contributed by atoms with Crippen molar-refractivity contribution in [2.24, 2.45) is 4.99 Å². The maximum Gasteiger partial charge on any atom is 0.338 e. The number of benzene rings is 4. The van der Waals surface area contributed by atoms with E-state index in [1.165, 1.54) is 18.4 Å². The molecule has 1 aliphatic heterocycles. The lowest BCUT2D eigenvalue weighted by Gasteiger charge is -2.24. The first kappa shape index (κ1) is 22.2. The molecule has 4 aromatic carbocycles. The van der Waals surface area contributed by atoms with Crippen LogP contribution in [0.1, 0.15) is 24.1 Å². The average Bonchev–Trinajstić information content (AvgIpc) is 3.22. The predicted octanol–water partition coefficient (Wildman–Crippen LogP) is 4.71.